The van der Waals surface area contributed by atoms with Gasteiger partial charge < -0.3 is 10.6 Å². The van der Waals surface area contributed by atoms with Crippen molar-refractivity contribution in [2.75, 3.05) is 25.6 Å². The van der Waals surface area contributed by atoms with Crippen molar-refractivity contribution < 1.29 is 8.42 Å². The second kappa shape index (κ2) is 10.6. The van der Waals surface area contributed by atoms with Crippen LogP contribution in [0.3, 0.4) is 0 Å². The minimum atomic E-state index is -2.95. The third-order valence-electron chi connectivity index (χ3n) is 3.85. The molecule has 0 bridgehead atoms. The molecule has 0 fully saturated rings. The standard InChI is InChI=1S/C17H28ClN3O2S.HI/c1-13(10-11-24(5,22)23)21-16(19-4)20-12-17(2,3)14-6-8-15(18)9-7-14;/h6-9,13H,10-12H2,1-5H3,(H2,19,20,21);1H. The Kier molecular flexibility index (Phi) is 10.3. The van der Waals surface area contributed by atoms with Crippen molar-refractivity contribution in [3.63, 3.8) is 0 Å². The molecular formula is C17H29ClIN3O2S. The fourth-order valence-corrected chi connectivity index (χ4v) is 3.11. The molecule has 1 rings (SSSR count). The van der Waals surface area contributed by atoms with Crippen LogP contribution in [0.4, 0.5) is 0 Å². The predicted molar refractivity (Wildman–Crippen MR) is 118 cm³/mol. The van der Waals surface area contributed by atoms with Crippen LogP contribution < -0.4 is 10.6 Å². The summed E-state index contributed by atoms with van der Waals surface area (Å²) in [5.74, 6) is 0.826. The highest BCUT2D eigenvalue weighted by atomic mass is 127. The van der Waals surface area contributed by atoms with Crippen LogP contribution in [-0.4, -0.2) is 46.0 Å². The van der Waals surface area contributed by atoms with Gasteiger partial charge in [-0.15, -0.1) is 24.0 Å². The van der Waals surface area contributed by atoms with Crippen LogP contribution in [0.2, 0.25) is 5.02 Å². The van der Waals surface area contributed by atoms with Crippen LogP contribution in [0.5, 0.6) is 0 Å². The third-order valence-corrected chi connectivity index (χ3v) is 5.08. The van der Waals surface area contributed by atoms with Crippen LogP contribution in [0.15, 0.2) is 29.3 Å². The maximum Gasteiger partial charge on any atom is 0.191 e. The van der Waals surface area contributed by atoms with E-state index in [0.717, 1.165) is 5.02 Å². The molecular weight excluding hydrogens is 473 g/mol. The highest BCUT2D eigenvalue weighted by molar-refractivity contribution is 14.0. The lowest BCUT2D eigenvalue weighted by molar-refractivity contribution is 0.503. The van der Waals surface area contributed by atoms with E-state index in [1.54, 1.807) is 7.05 Å². The van der Waals surface area contributed by atoms with Crippen molar-refractivity contribution in [1.29, 1.82) is 0 Å². The molecule has 0 amide bonds. The molecule has 1 aromatic carbocycles. The summed E-state index contributed by atoms with van der Waals surface area (Å²) in [4.78, 5) is 4.21. The SMILES string of the molecule is CN=C(NCC(C)(C)c1ccc(Cl)cc1)NC(C)CCS(C)(=O)=O.I. The molecule has 0 spiro atoms. The first kappa shape index (κ1) is 24.5. The van der Waals surface area contributed by atoms with E-state index in [0.29, 0.717) is 18.9 Å². The summed E-state index contributed by atoms with van der Waals surface area (Å²) in [5, 5.41) is 7.25. The van der Waals surface area contributed by atoms with Gasteiger partial charge in [0.25, 0.3) is 0 Å². The summed E-state index contributed by atoms with van der Waals surface area (Å²) in [6.45, 7) is 6.92. The normalized spacial score (nSPS) is 13.8. The molecule has 0 saturated heterocycles. The molecule has 2 N–H and O–H groups in total. The molecule has 0 aliphatic carbocycles. The van der Waals surface area contributed by atoms with E-state index in [4.69, 9.17) is 11.6 Å². The van der Waals surface area contributed by atoms with Gasteiger partial charge in [0.05, 0.1) is 5.75 Å². The molecule has 1 unspecified atom stereocenters. The minimum Gasteiger partial charge on any atom is -0.356 e. The zero-order valence-corrected chi connectivity index (χ0v) is 19.4. The predicted octanol–water partition coefficient (Wildman–Crippen LogP) is 3.22. The Morgan fingerprint density at radius 1 is 1.28 bits per heavy atom. The minimum absolute atomic E-state index is 0. The number of guanidine groups is 1. The van der Waals surface area contributed by atoms with E-state index in [2.05, 4.69) is 29.5 Å². The molecule has 0 aliphatic rings. The van der Waals surface area contributed by atoms with Crippen LogP contribution in [-0.2, 0) is 15.3 Å². The first-order valence-corrected chi connectivity index (χ1v) is 10.4. The maximum absolute atomic E-state index is 11.2. The highest BCUT2D eigenvalue weighted by Gasteiger charge is 2.21. The van der Waals surface area contributed by atoms with E-state index in [9.17, 15) is 8.42 Å². The zero-order chi connectivity index (χ0) is 18.4. The van der Waals surface area contributed by atoms with Crippen molar-refractivity contribution in [2.24, 2.45) is 4.99 Å². The quantitative estimate of drug-likeness (QED) is 0.342. The molecule has 25 heavy (non-hydrogen) atoms. The molecule has 1 atom stereocenters. The van der Waals surface area contributed by atoms with Gasteiger partial charge in [-0.25, -0.2) is 8.42 Å². The second-order valence-corrected chi connectivity index (χ2v) is 9.48. The van der Waals surface area contributed by atoms with Crippen molar-refractivity contribution in [2.45, 2.75) is 38.6 Å². The Bertz CT molecular complexity index is 661. The Morgan fingerprint density at radius 2 is 1.84 bits per heavy atom. The zero-order valence-electron chi connectivity index (χ0n) is 15.5. The maximum atomic E-state index is 11.2. The van der Waals surface area contributed by atoms with Crippen LogP contribution in [0.25, 0.3) is 0 Å². The Balaban J connectivity index is 0.00000576. The molecule has 5 nitrogen and oxygen atoms in total. The van der Waals surface area contributed by atoms with Gasteiger partial charge in [0.15, 0.2) is 5.96 Å². The number of nitrogens with zero attached hydrogens (tertiary/aromatic N) is 1. The topological polar surface area (TPSA) is 70.6 Å². The fraction of sp³-hybridized carbons (Fsp3) is 0.588. The van der Waals surface area contributed by atoms with Crippen molar-refractivity contribution in [3.05, 3.63) is 34.9 Å². The number of nitrogens with one attached hydrogen (secondary N) is 2. The average molecular weight is 502 g/mol. The van der Waals surface area contributed by atoms with E-state index in [1.165, 1.54) is 11.8 Å². The van der Waals surface area contributed by atoms with Gasteiger partial charge in [-0.3, -0.25) is 4.99 Å². The molecule has 0 radical (unpaired) electrons. The number of hydrogen-bond donors (Lipinski definition) is 2. The Morgan fingerprint density at radius 3 is 2.32 bits per heavy atom. The molecule has 144 valence electrons. The fourth-order valence-electron chi connectivity index (χ4n) is 2.20. The summed E-state index contributed by atoms with van der Waals surface area (Å²) in [6, 6.07) is 7.84. The van der Waals surface area contributed by atoms with Crippen molar-refractivity contribution >= 4 is 51.4 Å². The summed E-state index contributed by atoms with van der Waals surface area (Å²) in [6.07, 6.45) is 1.79. The molecule has 8 heteroatoms. The molecule has 1 aromatic rings. The van der Waals surface area contributed by atoms with Gasteiger partial charge in [0.2, 0.25) is 0 Å². The number of halogens is 2. The number of sulfone groups is 1. The number of aliphatic imine (C=N–C) groups is 1. The monoisotopic (exact) mass is 501 g/mol. The lowest BCUT2D eigenvalue weighted by Crippen LogP contribution is -2.46. The first-order valence-electron chi connectivity index (χ1n) is 7.94. The number of rotatable bonds is 7. The number of benzene rings is 1. The van der Waals surface area contributed by atoms with Crippen molar-refractivity contribution in [1.82, 2.24) is 10.6 Å². The first-order chi connectivity index (χ1) is 11.0. The van der Waals surface area contributed by atoms with Crippen LogP contribution in [0, 0.1) is 0 Å². The third kappa shape index (κ3) is 9.65. The van der Waals surface area contributed by atoms with Gasteiger partial charge in [-0.2, -0.15) is 0 Å². The second-order valence-electron chi connectivity index (χ2n) is 6.78. The Labute approximate surface area is 174 Å². The molecule has 0 saturated carbocycles. The smallest absolute Gasteiger partial charge is 0.191 e. The molecule has 0 aliphatic heterocycles. The van der Waals surface area contributed by atoms with Gasteiger partial charge in [0, 0.05) is 36.3 Å². The molecule has 0 aromatic heterocycles. The largest absolute Gasteiger partial charge is 0.356 e. The summed E-state index contributed by atoms with van der Waals surface area (Å²) >= 11 is 5.94. The lowest BCUT2D eigenvalue weighted by Gasteiger charge is -2.27. The Hall–Kier alpha value is -0.540. The number of hydrogen-bond acceptors (Lipinski definition) is 3. The van der Waals surface area contributed by atoms with E-state index in [-0.39, 0.29) is 41.2 Å². The van der Waals surface area contributed by atoms with Gasteiger partial charge in [-0.05, 0) is 31.0 Å². The lowest BCUT2D eigenvalue weighted by atomic mass is 9.85. The van der Waals surface area contributed by atoms with Crippen LogP contribution in [0.1, 0.15) is 32.8 Å². The van der Waals surface area contributed by atoms with E-state index >= 15 is 0 Å². The van der Waals surface area contributed by atoms with E-state index in [1.807, 2.05) is 31.2 Å². The van der Waals surface area contributed by atoms with E-state index < -0.39 is 9.84 Å². The summed E-state index contributed by atoms with van der Waals surface area (Å²) < 4.78 is 22.5. The van der Waals surface area contributed by atoms with Gasteiger partial charge >= 0.3 is 0 Å². The van der Waals surface area contributed by atoms with Crippen molar-refractivity contribution in [3.8, 4) is 0 Å². The van der Waals surface area contributed by atoms with Gasteiger partial charge in [-0.1, -0.05) is 37.6 Å². The molecule has 0 heterocycles. The van der Waals surface area contributed by atoms with Crippen LogP contribution >= 0.6 is 35.6 Å². The summed E-state index contributed by atoms with van der Waals surface area (Å²) in [7, 11) is -1.25. The average Bonchev–Trinajstić information content (AvgIpc) is 2.49. The van der Waals surface area contributed by atoms with Gasteiger partial charge in [0.1, 0.15) is 9.84 Å². The highest BCUT2D eigenvalue weighted by Crippen LogP contribution is 2.23. The summed E-state index contributed by atoms with van der Waals surface area (Å²) in [5.41, 5.74) is 1.08.